The molecule has 0 spiro atoms. The zero-order valence-electron chi connectivity index (χ0n) is 18.8. The Morgan fingerprint density at radius 1 is 1.12 bits per heavy atom. The number of methoxy groups -OCH3 is 1. The van der Waals surface area contributed by atoms with Gasteiger partial charge >= 0.3 is 5.97 Å². The standard InChI is InChI=1S/C25H26N4O5/c1-16(22(25(31)34-2)14-17-5-3-6-20(13-17)23(26)28-32)27-24(30)19-10-8-18(9-11-19)21-7-4-12-29(33)15-21/h3-13,15-16,22,32H,14H2,1-2H3,(H2,26,28)(H,27,30). The molecule has 0 saturated heterocycles. The molecule has 1 amide bonds. The van der Waals surface area contributed by atoms with Crippen LogP contribution in [0.3, 0.4) is 0 Å². The zero-order valence-corrected chi connectivity index (χ0v) is 18.8. The average molecular weight is 463 g/mol. The van der Waals surface area contributed by atoms with Gasteiger partial charge in [0.2, 0.25) is 0 Å². The van der Waals surface area contributed by atoms with Gasteiger partial charge in [0.25, 0.3) is 5.91 Å². The van der Waals surface area contributed by atoms with Crippen LogP contribution in [0.2, 0.25) is 0 Å². The minimum Gasteiger partial charge on any atom is -0.619 e. The molecule has 176 valence electrons. The van der Waals surface area contributed by atoms with Gasteiger partial charge in [-0.15, -0.1) is 0 Å². The Morgan fingerprint density at radius 3 is 2.50 bits per heavy atom. The highest BCUT2D eigenvalue weighted by molar-refractivity contribution is 5.97. The Kier molecular flexibility index (Phi) is 7.81. The third-order valence-electron chi connectivity index (χ3n) is 5.51. The molecular weight excluding hydrogens is 436 g/mol. The number of nitrogens with zero attached hydrogens (tertiary/aromatic N) is 2. The van der Waals surface area contributed by atoms with Gasteiger partial charge in [0.15, 0.2) is 18.2 Å². The second kappa shape index (κ2) is 11.0. The number of nitrogens with one attached hydrogen (secondary N) is 1. The maximum atomic E-state index is 12.8. The first kappa shape index (κ1) is 24.2. The van der Waals surface area contributed by atoms with Crippen molar-refractivity contribution < 1.29 is 24.3 Å². The van der Waals surface area contributed by atoms with E-state index in [0.717, 1.165) is 16.7 Å². The number of amides is 1. The Labute approximate surface area is 197 Å². The first-order chi connectivity index (χ1) is 16.3. The minimum atomic E-state index is -0.660. The van der Waals surface area contributed by atoms with Gasteiger partial charge in [0, 0.05) is 28.8 Å². The molecule has 0 aliphatic rings. The highest BCUT2D eigenvalue weighted by Crippen LogP contribution is 2.19. The van der Waals surface area contributed by atoms with Crippen LogP contribution in [-0.2, 0) is 16.0 Å². The first-order valence-corrected chi connectivity index (χ1v) is 10.6. The highest BCUT2D eigenvalue weighted by Gasteiger charge is 2.28. The zero-order chi connectivity index (χ0) is 24.7. The van der Waals surface area contributed by atoms with Crippen molar-refractivity contribution in [3.8, 4) is 11.1 Å². The normalized spacial score (nSPS) is 13.1. The quantitative estimate of drug-likeness (QED) is 0.0892. The summed E-state index contributed by atoms with van der Waals surface area (Å²) in [4.78, 5) is 25.3. The Hall–Kier alpha value is -4.40. The molecule has 0 bridgehead atoms. The molecule has 3 rings (SSSR count). The number of carbonyl (C=O) groups is 2. The van der Waals surface area contributed by atoms with Crippen LogP contribution in [0.15, 0.2) is 78.2 Å². The van der Waals surface area contributed by atoms with E-state index in [1.165, 1.54) is 19.5 Å². The summed E-state index contributed by atoms with van der Waals surface area (Å²) in [5.41, 5.74) is 8.89. The van der Waals surface area contributed by atoms with E-state index in [9.17, 15) is 14.8 Å². The lowest BCUT2D eigenvalue weighted by atomic mass is 9.92. The number of hydrogen-bond donors (Lipinski definition) is 3. The van der Waals surface area contributed by atoms with Crippen molar-refractivity contribution in [3.05, 3.63) is 95.0 Å². The fourth-order valence-electron chi connectivity index (χ4n) is 3.62. The van der Waals surface area contributed by atoms with Crippen molar-refractivity contribution in [1.82, 2.24) is 5.32 Å². The molecule has 1 aromatic heterocycles. The second-order valence-electron chi connectivity index (χ2n) is 7.81. The molecule has 2 aromatic carbocycles. The van der Waals surface area contributed by atoms with E-state index in [2.05, 4.69) is 10.5 Å². The van der Waals surface area contributed by atoms with Gasteiger partial charge in [0.1, 0.15) is 0 Å². The smallest absolute Gasteiger partial charge is 0.311 e. The van der Waals surface area contributed by atoms with E-state index in [1.54, 1.807) is 55.5 Å². The fourth-order valence-corrected chi connectivity index (χ4v) is 3.62. The molecule has 0 radical (unpaired) electrons. The number of hydrogen-bond acceptors (Lipinski definition) is 6. The predicted octanol–water partition coefficient (Wildman–Crippen LogP) is 2.23. The SMILES string of the molecule is COC(=O)C(Cc1cccc(/C(N)=N/O)c1)C(C)NC(=O)c1ccc(-c2ccc[n+]([O-])c2)cc1. The summed E-state index contributed by atoms with van der Waals surface area (Å²) in [6.07, 6.45) is 3.13. The number of aromatic nitrogens is 1. The van der Waals surface area contributed by atoms with E-state index >= 15 is 0 Å². The van der Waals surface area contributed by atoms with Crippen molar-refractivity contribution in [2.45, 2.75) is 19.4 Å². The number of benzene rings is 2. The number of nitrogens with two attached hydrogens (primary N) is 1. The summed E-state index contributed by atoms with van der Waals surface area (Å²) in [6.45, 7) is 1.73. The number of amidine groups is 1. The summed E-state index contributed by atoms with van der Waals surface area (Å²) in [5, 5.41) is 26.3. The van der Waals surface area contributed by atoms with E-state index in [4.69, 9.17) is 15.7 Å². The molecule has 0 fully saturated rings. The van der Waals surface area contributed by atoms with Crippen LogP contribution in [0.5, 0.6) is 0 Å². The molecule has 4 N–H and O–H groups in total. The van der Waals surface area contributed by atoms with Crippen LogP contribution < -0.4 is 15.8 Å². The van der Waals surface area contributed by atoms with Gasteiger partial charge in [-0.3, -0.25) is 9.59 Å². The number of carbonyl (C=O) groups excluding carboxylic acids is 2. The van der Waals surface area contributed by atoms with Gasteiger partial charge in [-0.25, -0.2) is 0 Å². The van der Waals surface area contributed by atoms with Gasteiger partial charge in [-0.1, -0.05) is 35.5 Å². The minimum absolute atomic E-state index is 0.0400. The lowest BCUT2D eigenvalue weighted by Gasteiger charge is -2.23. The monoisotopic (exact) mass is 462 g/mol. The number of oxime groups is 1. The molecule has 0 aliphatic carbocycles. The lowest BCUT2D eigenvalue weighted by molar-refractivity contribution is -0.604. The second-order valence-corrected chi connectivity index (χ2v) is 7.81. The van der Waals surface area contributed by atoms with E-state index in [0.29, 0.717) is 15.9 Å². The van der Waals surface area contributed by atoms with Crippen LogP contribution >= 0.6 is 0 Å². The fraction of sp³-hybridized carbons (Fsp3) is 0.200. The maximum Gasteiger partial charge on any atom is 0.311 e. The molecular formula is C25H26N4O5. The summed E-state index contributed by atoms with van der Waals surface area (Å²) in [6, 6.07) is 16.7. The van der Waals surface area contributed by atoms with Crippen LogP contribution in [0.1, 0.15) is 28.4 Å². The third-order valence-corrected chi connectivity index (χ3v) is 5.51. The Morgan fingerprint density at radius 2 is 1.85 bits per heavy atom. The van der Waals surface area contributed by atoms with E-state index < -0.39 is 17.9 Å². The van der Waals surface area contributed by atoms with E-state index in [-0.39, 0.29) is 18.2 Å². The van der Waals surface area contributed by atoms with Gasteiger partial charge in [-0.2, -0.15) is 4.73 Å². The van der Waals surface area contributed by atoms with Crippen LogP contribution in [-0.4, -0.2) is 36.1 Å². The number of ether oxygens (including phenoxy) is 1. The molecule has 3 aromatic rings. The molecule has 0 aliphatic heterocycles. The molecule has 2 unspecified atom stereocenters. The van der Waals surface area contributed by atoms with Gasteiger partial charge in [0.05, 0.1) is 13.0 Å². The summed E-state index contributed by atoms with van der Waals surface area (Å²) in [7, 11) is 1.30. The summed E-state index contributed by atoms with van der Waals surface area (Å²) >= 11 is 0. The van der Waals surface area contributed by atoms with E-state index in [1.807, 2.05) is 12.1 Å². The number of pyridine rings is 1. The molecule has 34 heavy (non-hydrogen) atoms. The van der Waals surface area contributed by atoms with Gasteiger partial charge < -0.3 is 26.2 Å². The number of esters is 1. The first-order valence-electron chi connectivity index (χ1n) is 10.6. The van der Waals surface area contributed by atoms with Crippen molar-refractivity contribution in [3.63, 3.8) is 0 Å². The van der Waals surface area contributed by atoms with Crippen molar-refractivity contribution >= 4 is 17.7 Å². The Bertz CT molecular complexity index is 1190. The molecule has 9 nitrogen and oxygen atoms in total. The predicted molar refractivity (Wildman–Crippen MR) is 126 cm³/mol. The van der Waals surface area contributed by atoms with Gasteiger partial charge in [-0.05, 0) is 48.7 Å². The average Bonchev–Trinajstić information content (AvgIpc) is 2.86. The Balaban J connectivity index is 1.73. The third kappa shape index (κ3) is 5.89. The topological polar surface area (TPSA) is 141 Å². The lowest BCUT2D eigenvalue weighted by Crippen LogP contribution is -2.42. The van der Waals surface area contributed by atoms with Crippen molar-refractivity contribution in [2.24, 2.45) is 16.8 Å². The highest BCUT2D eigenvalue weighted by atomic mass is 16.5. The van der Waals surface area contributed by atoms with Crippen molar-refractivity contribution in [1.29, 1.82) is 0 Å². The maximum absolute atomic E-state index is 12.8. The largest absolute Gasteiger partial charge is 0.619 e. The summed E-state index contributed by atoms with van der Waals surface area (Å²) < 4.78 is 5.67. The van der Waals surface area contributed by atoms with Crippen LogP contribution in [0.25, 0.3) is 11.1 Å². The number of rotatable bonds is 8. The molecule has 1 heterocycles. The molecule has 2 atom stereocenters. The van der Waals surface area contributed by atoms with Crippen LogP contribution in [0.4, 0.5) is 0 Å². The summed E-state index contributed by atoms with van der Waals surface area (Å²) in [5.74, 6) is -1.51. The van der Waals surface area contributed by atoms with Crippen LogP contribution in [0, 0.1) is 11.1 Å². The molecule has 9 heteroatoms. The van der Waals surface area contributed by atoms with Crippen molar-refractivity contribution in [2.75, 3.05) is 7.11 Å². The molecule has 0 saturated carbocycles.